The van der Waals surface area contributed by atoms with Gasteiger partial charge in [-0.05, 0) is 40.9 Å². The van der Waals surface area contributed by atoms with E-state index < -0.39 is 0 Å². The minimum atomic E-state index is -0.00381. The second-order valence-corrected chi connectivity index (χ2v) is 13.8. The van der Waals surface area contributed by atoms with Crippen molar-refractivity contribution in [1.82, 2.24) is 14.7 Å². The molecule has 0 N–H and O–H groups in total. The fraction of sp³-hybridized carbons (Fsp3) is 0.857. The molecule has 3 aliphatic carbocycles. The molecular formula is C28H49N3O2. The summed E-state index contributed by atoms with van der Waals surface area (Å²) in [5.74, 6) is 2.01. The van der Waals surface area contributed by atoms with Crippen molar-refractivity contribution < 1.29 is 9.59 Å². The standard InChI is InChI=1S/C28H49N3O2/c1-26(2,3)18-24(32)30-14-11-29(12-15-30)13-16-31(25(33)19-27(4,5)6)20-21-9-10-22-17-23(21)28(22,7)8/h9,22-23H,10-20H2,1-8H3. The van der Waals surface area contributed by atoms with E-state index in [1.807, 2.05) is 4.90 Å². The minimum absolute atomic E-state index is 0.00381. The Morgan fingerprint density at radius 1 is 1.00 bits per heavy atom. The zero-order valence-corrected chi connectivity index (χ0v) is 22.7. The molecule has 1 saturated heterocycles. The van der Waals surface area contributed by atoms with Crippen molar-refractivity contribution in [3.63, 3.8) is 0 Å². The van der Waals surface area contributed by atoms with Crippen molar-refractivity contribution in [2.24, 2.45) is 28.1 Å². The Kier molecular flexibility index (Phi) is 7.73. The number of carbonyl (C=O) groups excluding carboxylic acids is 2. The second-order valence-electron chi connectivity index (χ2n) is 13.8. The van der Waals surface area contributed by atoms with Crippen molar-refractivity contribution in [3.05, 3.63) is 11.6 Å². The fourth-order valence-corrected chi connectivity index (χ4v) is 5.78. The van der Waals surface area contributed by atoms with Crippen molar-refractivity contribution in [2.45, 2.75) is 81.1 Å². The van der Waals surface area contributed by atoms with E-state index in [1.165, 1.54) is 18.4 Å². The molecule has 4 aliphatic rings. The van der Waals surface area contributed by atoms with Crippen LogP contribution in [0.2, 0.25) is 0 Å². The first-order chi connectivity index (χ1) is 15.2. The predicted octanol–water partition coefficient (Wildman–Crippen LogP) is 4.82. The molecule has 188 valence electrons. The molecule has 0 radical (unpaired) electrons. The number of hydrogen-bond acceptors (Lipinski definition) is 3. The van der Waals surface area contributed by atoms with Crippen LogP contribution >= 0.6 is 0 Å². The zero-order valence-electron chi connectivity index (χ0n) is 22.7. The SMILES string of the molecule is CC(C)(C)CC(=O)N1CCN(CCN(CC2=CCC3CC2C3(C)C)C(=O)CC(C)(C)C)CC1. The molecular weight excluding hydrogens is 410 g/mol. The molecule has 0 spiro atoms. The van der Waals surface area contributed by atoms with Crippen LogP contribution in [0.5, 0.6) is 0 Å². The second kappa shape index (κ2) is 9.71. The van der Waals surface area contributed by atoms with E-state index in [4.69, 9.17) is 0 Å². The first-order valence-corrected chi connectivity index (χ1v) is 13.1. The van der Waals surface area contributed by atoms with E-state index in [1.54, 1.807) is 0 Å². The Morgan fingerprint density at radius 2 is 1.61 bits per heavy atom. The number of piperazine rings is 1. The van der Waals surface area contributed by atoms with Crippen molar-refractivity contribution in [1.29, 1.82) is 0 Å². The molecule has 2 unspecified atom stereocenters. The number of allylic oxidation sites excluding steroid dienone is 1. The summed E-state index contributed by atoms with van der Waals surface area (Å²) in [6, 6.07) is 0. The molecule has 0 aromatic rings. The fourth-order valence-electron chi connectivity index (χ4n) is 5.78. The Morgan fingerprint density at radius 3 is 2.12 bits per heavy atom. The van der Waals surface area contributed by atoms with Gasteiger partial charge in [0, 0.05) is 58.7 Å². The Balaban J connectivity index is 1.56. The summed E-state index contributed by atoms with van der Waals surface area (Å²) in [5.41, 5.74) is 1.90. The average Bonchev–Trinajstić information content (AvgIpc) is 2.68. The summed E-state index contributed by atoms with van der Waals surface area (Å²) in [7, 11) is 0. The number of rotatable bonds is 7. The summed E-state index contributed by atoms with van der Waals surface area (Å²) in [6.45, 7) is 23.5. The van der Waals surface area contributed by atoms with Gasteiger partial charge in [0.2, 0.25) is 11.8 Å². The maximum absolute atomic E-state index is 13.3. The summed E-state index contributed by atoms with van der Waals surface area (Å²) in [5, 5.41) is 0. The predicted molar refractivity (Wildman–Crippen MR) is 136 cm³/mol. The quantitative estimate of drug-likeness (QED) is 0.513. The monoisotopic (exact) mass is 459 g/mol. The van der Waals surface area contributed by atoms with Crippen molar-refractivity contribution in [2.75, 3.05) is 45.8 Å². The first kappa shape index (κ1) is 26.2. The third kappa shape index (κ3) is 6.83. The van der Waals surface area contributed by atoms with Crippen LogP contribution in [0.4, 0.5) is 0 Å². The minimum Gasteiger partial charge on any atom is -0.340 e. The number of hydrogen-bond donors (Lipinski definition) is 0. The van der Waals surface area contributed by atoms with Gasteiger partial charge in [-0.2, -0.15) is 0 Å². The third-order valence-electron chi connectivity index (χ3n) is 8.08. The number of carbonyl (C=O) groups is 2. The van der Waals surface area contributed by atoms with Crippen LogP contribution in [-0.4, -0.2) is 72.3 Å². The highest BCUT2D eigenvalue weighted by Gasteiger charge is 2.51. The van der Waals surface area contributed by atoms with Gasteiger partial charge in [-0.25, -0.2) is 0 Å². The van der Waals surface area contributed by atoms with Gasteiger partial charge in [-0.3, -0.25) is 14.5 Å². The van der Waals surface area contributed by atoms with Crippen LogP contribution in [0.15, 0.2) is 11.6 Å². The van der Waals surface area contributed by atoms with Crippen LogP contribution in [0, 0.1) is 28.1 Å². The summed E-state index contributed by atoms with van der Waals surface area (Å²) in [4.78, 5) is 32.4. The van der Waals surface area contributed by atoms with Gasteiger partial charge in [0.1, 0.15) is 0 Å². The van der Waals surface area contributed by atoms with Crippen LogP contribution in [0.1, 0.15) is 81.1 Å². The molecule has 4 rings (SSSR count). The molecule has 33 heavy (non-hydrogen) atoms. The number of nitrogens with zero attached hydrogens (tertiary/aromatic N) is 3. The largest absolute Gasteiger partial charge is 0.340 e. The van der Waals surface area contributed by atoms with Gasteiger partial charge >= 0.3 is 0 Å². The molecule has 5 nitrogen and oxygen atoms in total. The maximum Gasteiger partial charge on any atom is 0.223 e. The lowest BCUT2D eigenvalue weighted by Gasteiger charge is -2.57. The van der Waals surface area contributed by atoms with E-state index in [0.29, 0.717) is 24.2 Å². The topological polar surface area (TPSA) is 43.9 Å². The van der Waals surface area contributed by atoms with E-state index in [2.05, 4.69) is 71.3 Å². The zero-order chi connectivity index (χ0) is 24.6. The molecule has 1 saturated carbocycles. The normalized spacial score (nSPS) is 25.3. The average molecular weight is 460 g/mol. The Labute approximate surface area is 202 Å². The number of amides is 2. The number of fused-ring (bicyclic) bond motifs is 1. The van der Waals surface area contributed by atoms with Crippen LogP contribution in [0.25, 0.3) is 0 Å². The maximum atomic E-state index is 13.3. The summed E-state index contributed by atoms with van der Waals surface area (Å²) < 4.78 is 0. The van der Waals surface area contributed by atoms with Crippen LogP contribution in [0.3, 0.4) is 0 Å². The summed E-state index contributed by atoms with van der Waals surface area (Å²) >= 11 is 0. The van der Waals surface area contributed by atoms with Crippen molar-refractivity contribution in [3.8, 4) is 0 Å². The van der Waals surface area contributed by atoms with E-state index in [9.17, 15) is 9.59 Å². The van der Waals surface area contributed by atoms with E-state index in [0.717, 1.165) is 51.7 Å². The molecule has 1 aliphatic heterocycles. The lowest BCUT2D eigenvalue weighted by molar-refractivity contribution is -0.134. The molecule has 2 atom stereocenters. The molecule has 1 heterocycles. The third-order valence-corrected chi connectivity index (χ3v) is 8.08. The highest BCUT2D eigenvalue weighted by atomic mass is 16.2. The van der Waals surface area contributed by atoms with Gasteiger partial charge < -0.3 is 9.80 Å². The van der Waals surface area contributed by atoms with Gasteiger partial charge in [0.15, 0.2) is 0 Å². The van der Waals surface area contributed by atoms with Crippen molar-refractivity contribution >= 4 is 11.8 Å². The van der Waals surface area contributed by atoms with Gasteiger partial charge in [-0.1, -0.05) is 67.0 Å². The first-order valence-electron chi connectivity index (χ1n) is 13.1. The molecule has 2 amide bonds. The molecule has 5 heteroatoms. The van der Waals surface area contributed by atoms with E-state index in [-0.39, 0.29) is 22.6 Å². The summed E-state index contributed by atoms with van der Waals surface area (Å²) in [6.07, 6.45) is 6.10. The molecule has 0 aromatic heterocycles. The van der Waals surface area contributed by atoms with E-state index >= 15 is 0 Å². The highest BCUT2D eigenvalue weighted by Crippen LogP contribution is 2.59. The van der Waals surface area contributed by atoms with Crippen LogP contribution in [-0.2, 0) is 9.59 Å². The Hall–Kier alpha value is -1.36. The Bertz CT molecular complexity index is 748. The highest BCUT2D eigenvalue weighted by molar-refractivity contribution is 5.77. The van der Waals surface area contributed by atoms with Gasteiger partial charge in [-0.15, -0.1) is 0 Å². The molecule has 2 bridgehead atoms. The molecule has 2 fully saturated rings. The smallest absolute Gasteiger partial charge is 0.223 e. The van der Waals surface area contributed by atoms with Gasteiger partial charge in [0.25, 0.3) is 0 Å². The van der Waals surface area contributed by atoms with Gasteiger partial charge in [0.05, 0.1) is 0 Å². The lowest BCUT2D eigenvalue weighted by Crippen LogP contribution is -2.52. The lowest BCUT2D eigenvalue weighted by atomic mass is 9.49. The van der Waals surface area contributed by atoms with Crippen LogP contribution < -0.4 is 0 Å². The molecule has 0 aromatic carbocycles.